The van der Waals surface area contributed by atoms with E-state index in [9.17, 15) is 43.2 Å². The van der Waals surface area contributed by atoms with Gasteiger partial charge in [0, 0.05) is 25.7 Å². The number of rotatable bonds is 77. The quantitative estimate of drug-likeness (QED) is 0.0222. The Balaban J connectivity index is 5.19. The second kappa shape index (κ2) is 69.8. The molecule has 6 atom stereocenters. The fourth-order valence-corrected chi connectivity index (χ4v) is 13.6. The zero-order valence-corrected chi connectivity index (χ0v) is 65.2. The molecule has 0 radical (unpaired) electrons. The van der Waals surface area contributed by atoms with Gasteiger partial charge in [-0.2, -0.15) is 0 Å². The number of unbranched alkanes of at least 4 members (excludes halogenated alkanes) is 46. The highest BCUT2D eigenvalue weighted by atomic mass is 31.2. The van der Waals surface area contributed by atoms with Crippen molar-refractivity contribution in [1.82, 2.24) is 0 Å². The predicted molar refractivity (Wildman–Crippen MR) is 395 cm³/mol. The van der Waals surface area contributed by atoms with E-state index in [0.717, 1.165) is 102 Å². The second-order valence-corrected chi connectivity index (χ2v) is 31.7. The van der Waals surface area contributed by atoms with E-state index in [1.165, 1.54) is 225 Å². The van der Waals surface area contributed by atoms with E-state index in [1.54, 1.807) is 0 Å². The van der Waals surface area contributed by atoms with E-state index in [-0.39, 0.29) is 25.7 Å². The minimum absolute atomic E-state index is 0.105. The molecule has 0 spiro atoms. The van der Waals surface area contributed by atoms with E-state index in [2.05, 4.69) is 41.5 Å². The molecule has 0 saturated carbocycles. The van der Waals surface area contributed by atoms with Crippen LogP contribution in [0.4, 0.5) is 0 Å². The Bertz CT molecular complexity index is 1870. The third-order valence-corrected chi connectivity index (χ3v) is 20.5. The third kappa shape index (κ3) is 70.9. The molecular formula is C78H152O17P2. The molecule has 3 N–H and O–H groups in total. The summed E-state index contributed by atoms with van der Waals surface area (Å²) in [5, 5.41) is 10.6. The monoisotopic (exact) mass is 1420 g/mol. The van der Waals surface area contributed by atoms with E-state index in [4.69, 9.17) is 37.0 Å². The standard InChI is InChI=1S/C78H152O17P2/c1-7-10-12-14-16-18-20-21-22-23-24-25-26-27-28-29-30-32-36-44-50-56-62-77(82)94-73(66-89-76(81)61-55-49-43-37-33-34-40-46-52-58-70(4)5)68-92-96(84,85)90-64-72(79)65-91-97(86,87)93-69-74(67-88-75(80)60-54-48-42-35-31-19-17-15-13-11-8-2)95-78(83)63-57-51-45-39-38-41-47-53-59-71(6)9-3/h70-74,79H,7-69H2,1-6H3,(H,84,85)(H,86,87)/t71?,72-,73-,74-/m1/s1. The van der Waals surface area contributed by atoms with Crippen LogP contribution in [0.15, 0.2) is 0 Å². The number of carbonyl (C=O) groups excluding carboxylic acids is 4. The fraction of sp³-hybridized carbons (Fsp3) is 0.949. The van der Waals surface area contributed by atoms with Crippen molar-refractivity contribution >= 4 is 39.5 Å². The first-order chi connectivity index (χ1) is 46.9. The van der Waals surface area contributed by atoms with E-state index >= 15 is 0 Å². The van der Waals surface area contributed by atoms with Crippen LogP contribution in [0, 0.1) is 11.8 Å². The lowest BCUT2D eigenvalue weighted by atomic mass is 9.99. The highest BCUT2D eigenvalue weighted by Crippen LogP contribution is 2.45. The third-order valence-electron chi connectivity index (χ3n) is 18.6. The van der Waals surface area contributed by atoms with Crippen LogP contribution in [-0.4, -0.2) is 96.7 Å². The minimum Gasteiger partial charge on any atom is -0.462 e. The summed E-state index contributed by atoms with van der Waals surface area (Å²) in [7, 11) is -9.91. The van der Waals surface area contributed by atoms with Gasteiger partial charge in [0.25, 0.3) is 0 Å². The number of phosphoric ester groups is 2. The first-order valence-electron chi connectivity index (χ1n) is 40.5. The van der Waals surface area contributed by atoms with E-state index in [0.29, 0.717) is 25.7 Å². The molecule has 0 bridgehead atoms. The summed E-state index contributed by atoms with van der Waals surface area (Å²) in [6.07, 6.45) is 58.4. The lowest BCUT2D eigenvalue weighted by molar-refractivity contribution is -0.161. The van der Waals surface area contributed by atoms with Crippen LogP contribution in [0.1, 0.15) is 408 Å². The number of hydrogen-bond donors (Lipinski definition) is 3. The van der Waals surface area contributed by atoms with Gasteiger partial charge < -0.3 is 33.8 Å². The van der Waals surface area contributed by atoms with Crippen LogP contribution in [0.5, 0.6) is 0 Å². The summed E-state index contributed by atoms with van der Waals surface area (Å²) in [6, 6.07) is 0. The van der Waals surface area contributed by atoms with Crippen molar-refractivity contribution in [2.45, 2.75) is 426 Å². The zero-order valence-electron chi connectivity index (χ0n) is 63.4. The van der Waals surface area contributed by atoms with Crippen LogP contribution in [-0.2, 0) is 65.4 Å². The van der Waals surface area contributed by atoms with Crippen LogP contribution in [0.2, 0.25) is 0 Å². The molecule has 0 aromatic carbocycles. The van der Waals surface area contributed by atoms with E-state index in [1.807, 2.05) is 0 Å². The van der Waals surface area contributed by atoms with Gasteiger partial charge in [-0.3, -0.25) is 37.3 Å². The molecule has 0 aliphatic carbocycles. The molecular weight excluding hydrogens is 1270 g/mol. The number of carbonyl (C=O) groups is 4. The fourth-order valence-electron chi connectivity index (χ4n) is 12.0. The Labute approximate surface area is 594 Å². The molecule has 0 amide bonds. The maximum atomic E-state index is 13.1. The van der Waals surface area contributed by atoms with Crippen LogP contribution in [0.25, 0.3) is 0 Å². The number of aliphatic hydroxyl groups excluding tert-OH is 1. The maximum Gasteiger partial charge on any atom is 0.472 e. The van der Waals surface area contributed by atoms with Crippen molar-refractivity contribution in [1.29, 1.82) is 0 Å². The van der Waals surface area contributed by atoms with Crippen molar-refractivity contribution in [3.05, 3.63) is 0 Å². The molecule has 0 aliphatic rings. The molecule has 0 aromatic rings. The lowest BCUT2D eigenvalue weighted by Crippen LogP contribution is -2.30. The number of hydrogen-bond acceptors (Lipinski definition) is 15. The Kier molecular flexibility index (Phi) is 68.4. The Morgan fingerprint density at radius 2 is 0.526 bits per heavy atom. The highest BCUT2D eigenvalue weighted by Gasteiger charge is 2.30. The van der Waals surface area contributed by atoms with Crippen molar-refractivity contribution in [2.24, 2.45) is 11.8 Å². The Morgan fingerprint density at radius 1 is 0.299 bits per heavy atom. The molecule has 17 nitrogen and oxygen atoms in total. The summed E-state index contributed by atoms with van der Waals surface area (Å²) in [6.45, 7) is 9.58. The molecule has 0 rings (SSSR count). The molecule has 0 fully saturated rings. The summed E-state index contributed by atoms with van der Waals surface area (Å²) < 4.78 is 68.6. The van der Waals surface area contributed by atoms with Crippen molar-refractivity contribution < 1.29 is 80.2 Å². The van der Waals surface area contributed by atoms with Gasteiger partial charge in [0.2, 0.25) is 0 Å². The van der Waals surface area contributed by atoms with E-state index < -0.39 is 97.5 Å². The molecule has 0 saturated heterocycles. The van der Waals surface area contributed by atoms with Gasteiger partial charge in [-0.1, -0.05) is 356 Å². The molecule has 0 aromatic heterocycles. The second-order valence-electron chi connectivity index (χ2n) is 28.8. The number of phosphoric acid groups is 2. The SMILES string of the molecule is CCCCCCCCCCCCCCCCCCCCCCCCC(=O)O[C@H](COC(=O)CCCCCCCCCCCC(C)C)COP(=O)(O)OC[C@@H](O)COP(=O)(O)OC[C@@H](COC(=O)CCCCCCCCCCCCC)OC(=O)CCCCCCCCCCC(C)CC. The average Bonchev–Trinajstić information content (AvgIpc) is 1.50. The van der Waals surface area contributed by atoms with Crippen molar-refractivity contribution in [3.63, 3.8) is 0 Å². The van der Waals surface area contributed by atoms with Crippen molar-refractivity contribution in [2.75, 3.05) is 39.6 Å². The van der Waals surface area contributed by atoms with Crippen LogP contribution in [0.3, 0.4) is 0 Å². The molecule has 97 heavy (non-hydrogen) atoms. The first kappa shape index (κ1) is 95.1. The van der Waals surface area contributed by atoms with Gasteiger partial charge >= 0.3 is 39.5 Å². The summed E-state index contributed by atoms with van der Waals surface area (Å²) in [4.78, 5) is 72.8. The van der Waals surface area contributed by atoms with Crippen LogP contribution < -0.4 is 0 Å². The predicted octanol–water partition coefficient (Wildman–Crippen LogP) is 23.1. The summed E-state index contributed by atoms with van der Waals surface area (Å²) in [5.41, 5.74) is 0. The molecule has 0 heterocycles. The summed E-state index contributed by atoms with van der Waals surface area (Å²) in [5.74, 6) is -0.603. The highest BCUT2D eigenvalue weighted by molar-refractivity contribution is 7.47. The smallest absolute Gasteiger partial charge is 0.462 e. The Morgan fingerprint density at radius 3 is 0.784 bits per heavy atom. The largest absolute Gasteiger partial charge is 0.472 e. The van der Waals surface area contributed by atoms with Gasteiger partial charge in [0.1, 0.15) is 19.3 Å². The average molecular weight is 1420 g/mol. The van der Waals surface area contributed by atoms with Gasteiger partial charge in [-0.15, -0.1) is 0 Å². The van der Waals surface area contributed by atoms with Crippen molar-refractivity contribution in [3.8, 4) is 0 Å². The molecule has 3 unspecified atom stereocenters. The van der Waals surface area contributed by atoms with Gasteiger partial charge in [-0.25, -0.2) is 9.13 Å². The Hall–Kier alpha value is -1.94. The number of aliphatic hydroxyl groups is 1. The van der Waals surface area contributed by atoms with Gasteiger partial charge in [-0.05, 0) is 37.5 Å². The minimum atomic E-state index is -4.96. The lowest BCUT2D eigenvalue weighted by Gasteiger charge is -2.21. The summed E-state index contributed by atoms with van der Waals surface area (Å²) >= 11 is 0. The maximum absolute atomic E-state index is 13.1. The van der Waals surface area contributed by atoms with Crippen LogP contribution >= 0.6 is 15.6 Å². The topological polar surface area (TPSA) is 237 Å². The number of esters is 4. The van der Waals surface area contributed by atoms with Gasteiger partial charge in [0.15, 0.2) is 12.2 Å². The normalized spacial score (nSPS) is 14.2. The number of ether oxygens (including phenoxy) is 4. The van der Waals surface area contributed by atoms with Gasteiger partial charge in [0.05, 0.1) is 26.4 Å². The first-order valence-corrected chi connectivity index (χ1v) is 43.5. The zero-order chi connectivity index (χ0) is 71.4. The molecule has 576 valence electrons. The molecule has 19 heteroatoms. The molecule has 0 aliphatic heterocycles.